The summed E-state index contributed by atoms with van der Waals surface area (Å²) in [4.78, 5) is 34.3. The van der Waals surface area contributed by atoms with Crippen molar-refractivity contribution in [1.29, 1.82) is 0 Å². The van der Waals surface area contributed by atoms with E-state index >= 15 is 0 Å². The van der Waals surface area contributed by atoms with E-state index in [1.165, 1.54) is 0 Å². The standard InChI is InChI=1S/C26H29Cl2N5O3/c1-3-33(4-2)26(35)20-7-5-6-8-22(20)29-25(34)17-11-13-32(14-12-17)16-23-30-24(31-36-23)19-10-9-18(27)15-21(19)28/h5-10,15,17H,3-4,11-14,16H2,1-2H3,(H,29,34). The van der Waals surface area contributed by atoms with Crippen LogP contribution in [-0.2, 0) is 11.3 Å². The first-order chi connectivity index (χ1) is 17.4. The normalized spacial score (nSPS) is 14.6. The molecule has 10 heteroatoms. The molecule has 0 spiro atoms. The van der Waals surface area contributed by atoms with Crippen molar-refractivity contribution in [2.75, 3.05) is 31.5 Å². The van der Waals surface area contributed by atoms with Crippen LogP contribution in [0.25, 0.3) is 11.4 Å². The lowest BCUT2D eigenvalue weighted by Crippen LogP contribution is -2.38. The Kier molecular flexibility index (Phi) is 8.61. The SMILES string of the molecule is CCN(CC)C(=O)c1ccccc1NC(=O)C1CCN(Cc2nc(-c3ccc(Cl)cc3Cl)no2)CC1. The predicted octanol–water partition coefficient (Wildman–Crippen LogP) is 5.38. The average molecular weight is 530 g/mol. The topological polar surface area (TPSA) is 91.6 Å². The van der Waals surface area contributed by atoms with Crippen molar-refractivity contribution in [2.24, 2.45) is 5.92 Å². The van der Waals surface area contributed by atoms with Gasteiger partial charge in [-0.05, 0) is 70.1 Å². The number of carbonyl (C=O) groups is 2. The van der Waals surface area contributed by atoms with Gasteiger partial charge < -0.3 is 14.7 Å². The third-order valence-corrected chi connectivity index (χ3v) is 6.97. The van der Waals surface area contributed by atoms with Crippen LogP contribution in [0.2, 0.25) is 10.0 Å². The van der Waals surface area contributed by atoms with Crippen LogP contribution in [0.5, 0.6) is 0 Å². The number of amides is 2. The van der Waals surface area contributed by atoms with Crippen LogP contribution in [0, 0.1) is 5.92 Å². The molecule has 1 saturated heterocycles. The van der Waals surface area contributed by atoms with Gasteiger partial charge in [0, 0.05) is 29.6 Å². The zero-order chi connectivity index (χ0) is 25.7. The fourth-order valence-corrected chi connectivity index (χ4v) is 4.83. The van der Waals surface area contributed by atoms with Crippen LogP contribution in [0.4, 0.5) is 5.69 Å². The molecule has 190 valence electrons. The molecular weight excluding hydrogens is 501 g/mol. The number of anilines is 1. The van der Waals surface area contributed by atoms with E-state index < -0.39 is 0 Å². The smallest absolute Gasteiger partial charge is 0.255 e. The molecular formula is C26H29Cl2N5O3. The van der Waals surface area contributed by atoms with Crippen molar-refractivity contribution < 1.29 is 14.1 Å². The van der Waals surface area contributed by atoms with Crippen molar-refractivity contribution in [3.05, 3.63) is 64.0 Å². The monoisotopic (exact) mass is 529 g/mol. The molecule has 1 aromatic heterocycles. The molecule has 2 aromatic carbocycles. The predicted molar refractivity (Wildman–Crippen MR) is 140 cm³/mol. The zero-order valence-electron chi connectivity index (χ0n) is 20.3. The van der Waals surface area contributed by atoms with E-state index in [0.717, 1.165) is 13.1 Å². The van der Waals surface area contributed by atoms with Gasteiger partial charge in [0.05, 0.1) is 22.8 Å². The second-order valence-corrected chi connectivity index (χ2v) is 9.54. The van der Waals surface area contributed by atoms with Gasteiger partial charge >= 0.3 is 0 Å². The van der Waals surface area contributed by atoms with E-state index in [9.17, 15) is 9.59 Å². The molecule has 1 N–H and O–H groups in total. The van der Waals surface area contributed by atoms with Crippen LogP contribution in [0.3, 0.4) is 0 Å². The Hall–Kier alpha value is -2.94. The molecule has 0 atom stereocenters. The number of likely N-dealkylation sites (tertiary alicyclic amines) is 1. The second kappa shape index (κ2) is 11.9. The molecule has 0 radical (unpaired) electrons. The third kappa shape index (κ3) is 6.06. The number of para-hydroxylation sites is 1. The van der Waals surface area contributed by atoms with Crippen LogP contribution < -0.4 is 5.32 Å². The summed E-state index contributed by atoms with van der Waals surface area (Å²) in [5.74, 6) is 0.627. The summed E-state index contributed by atoms with van der Waals surface area (Å²) in [6.45, 7) is 7.05. The summed E-state index contributed by atoms with van der Waals surface area (Å²) in [5.41, 5.74) is 1.73. The Morgan fingerprint density at radius 2 is 1.83 bits per heavy atom. The highest BCUT2D eigenvalue weighted by Gasteiger charge is 2.27. The summed E-state index contributed by atoms with van der Waals surface area (Å²) in [6.07, 6.45) is 1.39. The fourth-order valence-electron chi connectivity index (χ4n) is 4.34. The quantitative estimate of drug-likeness (QED) is 0.421. The molecule has 0 unspecified atom stereocenters. The van der Waals surface area contributed by atoms with Crippen LogP contribution >= 0.6 is 23.2 Å². The Bertz CT molecular complexity index is 1220. The molecule has 8 nitrogen and oxygen atoms in total. The summed E-state index contributed by atoms with van der Waals surface area (Å²) in [6, 6.07) is 12.3. The van der Waals surface area contributed by atoms with Gasteiger partial charge in [-0.3, -0.25) is 14.5 Å². The first kappa shape index (κ1) is 26.1. The molecule has 1 aliphatic rings. The number of piperidine rings is 1. The molecule has 1 fully saturated rings. The van der Waals surface area contributed by atoms with E-state index in [4.69, 9.17) is 27.7 Å². The number of halogens is 2. The van der Waals surface area contributed by atoms with Gasteiger partial charge in [0.2, 0.25) is 17.6 Å². The molecule has 2 heterocycles. The number of benzene rings is 2. The van der Waals surface area contributed by atoms with Crippen LogP contribution in [-0.4, -0.2) is 57.9 Å². The minimum Gasteiger partial charge on any atom is -0.339 e. The van der Waals surface area contributed by atoms with Crippen molar-refractivity contribution in [3.8, 4) is 11.4 Å². The molecule has 0 saturated carbocycles. The second-order valence-electron chi connectivity index (χ2n) is 8.70. The Labute approximate surface area is 220 Å². The van der Waals surface area contributed by atoms with Gasteiger partial charge in [0.25, 0.3) is 5.91 Å². The number of carbonyl (C=O) groups excluding carboxylic acids is 2. The van der Waals surface area contributed by atoms with Gasteiger partial charge in [0.15, 0.2) is 0 Å². The summed E-state index contributed by atoms with van der Waals surface area (Å²) in [5, 5.41) is 8.04. The molecule has 0 aliphatic carbocycles. The van der Waals surface area contributed by atoms with E-state index in [1.807, 2.05) is 26.0 Å². The molecule has 0 bridgehead atoms. The van der Waals surface area contributed by atoms with Crippen molar-refractivity contribution in [2.45, 2.75) is 33.2 Å². The van der Waals surface area contributed by atoms with E-state index in [0.29, 0.717) is 71.1 Å². The van der Waals surface area contributed by atoms with Gasteiger partial charge in [-0.2, -0.15) is 4.98 Å². The van der Waals surface area contributed by atoms with Crippen LogP contribution in [0.15, 0.2) is 47.0 Å². The summed E-state index contributed by atoms with van der Waals surface area (Å²) < 4.78 is 5.42. The van der Waals surface area contributed by atoms with Crippen molar-refractivity contribution in [1.82, 2.24) is 19.9 Å². The zero-order valence-corrected chi connectivity index (χ0v) is 21.8. The molecule has 36 heavy (non-hydrogen) atoms. The first-order valence-electron chi connectivity index (χ1n) is 12.1. The summed E-state index contributed by atoms with van der Waals surface area (Å²) in [7, 11) is 0. The summed E-state index contributed by atoms with van der Waals surface area (Å²) >= 11 is 12.2. The molecule has 1 aliphatic heterocycles. The van der Waals surface area contributed by atoms with Gasteiger partial charge in [0.1, 0.15) is 0 Å². The van der Waals surface area contributed by atoms with Crippen molar-refractivity contribution >= 4 is 40.7 Å². The minimum atomic E-state index is -0.135. The highest BCUT2D eigenvalue weighted by Crippen LogP contribution is 2.29. The number of nitrogens with zero attached hydrogens (tertiary/aromatic N) is 4. The third-order valence-electron chi connectivity index (χ3n) is 6.42. The maximum atomic E-state index is 13.0. The van der Waals surface area contributed by atoms with E-state index in [-0.39, 0.29) is 17.7 Å². The highest BCUT2D eigenvalue weighted by atomic mass is 35.5. The van der Waals surface area contributed by atoms with Crippen molar-refractivity contribution in [3.63, 3.8) is 0 Å². The first-order valence-corrected chi connectivity index (χ1v) is 12.8. The fraction of sp³-hybridized carbons (Fsp3) is 0.385. The maximum Gasteiger partial charge on any atom is 0.255 e. The van der Waals surface area contributed by atoms with Gasteiger partial charge in [-0.1, -0.05) is 40.5 Å². The largest absolute Gasteiger partial charge is 0.339 e. The molecule has 4 rings (SSSR count). The number of hydrogen-bond donors (Lipinski definition) is 1. The Balaban J connectivity index is 1.33. The molecule has 2 amide bonds. The van der Waals surface area contributed by atoms with Gasteiger partial charge in [-0.25, -0.2) is 0 Å². The number of hydrogen-bond acceptors (Lipinski definition) is 6. The van der Waals surface area contributed by atoms with Crippen LogP contribution in [0.1, 0.15) is 42.9 Å². The van der Waals surface area contributed by atoms with Gasteiger partial charge in [-0.15, -0.1) is 0 Å². The van der Waals surface area contributed by atoms with E-state index in [1.54, 1.807) is 35.2 Å². The lowest BCUT2D eigenvalue weighted by atomic mass is 9.95. The molecule has 3 aromatic rings. The Morgan fingerprint density at radius 1 is 1.11 bits per heavy atom. The highest BCUT2D eigenvalue weighted by molar-refractivity contribution is 6.36. The lowest BCUT2D eigenvalue weighted by Gasteiger charge is -2.30. The van der Waals surface area contributed by atoms with E-state index in [2.05, 4.69) is 20.4 Å². The number of rotatable bonds is 8. The lowest BCUT2D eigenvalue weighted by molar-refractivity contribution is -0.121. The number of nitrogens with one attached hydrogen (secondary N) is 1. The number of aromatic nitrogens is 2. The Morgan fingerprint density at radius 3 is 2.53 bits per heavy atom. The maximum absolute atomic E-state index is 13.0. The minimum absolute atomic E-state index is 0.0631. The average Bonchev–Trinajstić information content (AvgIpc) is 3.33.